The standard InChI is InChI=1S/C17H32N2/c1-3-7-16(18-12-6-1)15-19-13-10-17(11-14-19)8-4-2-5-9-17/h16,18H,1-15H2. The molecule has 2 saturated heterocycles. The summed E-state index contributed by atoms with van der Waals surface area (Å²) in [6, 6.07) is 0.780. The second-order valence-corrected chi connectivity index (χ2v) is 7.36. The number of nitrogens with one attached hydrogen (secondary N) is 1. The van der Waals surface area contributed by atoms with Crippen LogP contribution < -0.4 is 5.32 Å². The third-order valence-electron chi connectivity index (χ3n) is 5.97. The molecular weight excluding hydrogens is 232 g/mol. The Kier molecular flexibility index (Phi) is 4.81. The molecule has 1 spiro atoms. The first-order valence-corrected chi connectivity index (χ1v) is 8.82. The van der Waals surface area contributed by atoms with E-state index in [1.807, 2.05) is 0 Å². The van der Waals surface area contributed by atoms with Crippen LogP contribution >= 0.6 is 0 Å². The number of rotatable bonds is 2. The molecule has 3 fully saturated rings. The van der Waals surface area contributed by atoms with Gasteiger partial charge in [-0.3, -0.25) is 0 Å². The lowest BCUT2D eigenvalue weighted by Gasteiger charge is -2.45. The van der Waals surface area contributed by atoms with Gasteiger partial charge in [0.1, 0.15) is 0 Å². The lowest BCUT2D eigenvalue weighted by molar-refractivity contribution is 0.0626. The monoisotopic (exact) mass is 264 g/mol. The largest absolute Gasteiger partial charge is 0.313 e. The molecule has 0 radical (unpaired) electrons. The van der Waals surface area contributed by atoms with Gasteiger partial charge >= 0.3 is 0 Å². The molecule has 3 aliphatic rings. The minimum atomic E-state index is 0.769. The summed E-state index contributed by atoms with van der Waals surface area (Å²) >= 11 is 0. The van der Waals surface area contributed by atoms with Crippen LogP contribution in [0.15, 0.2) is 0 Å². The summed E-state index contributed by atoms with van der Waals surface area (Å²) in [4.78, 5) is 2.75. The number of hydrogen-bond donors (Lipinski definition) is 1. The van der Waals surface area contributed by atoms with Crippen molar-refractivity contribution in [1.29, 1.82) is 0 Å². The maximum Gasteiger partial charge on any atom is 0.0195 e. The van der Waals surface area contributed by atoms with Gasteiger partial charge in [-0.15, -0.1) is 0 Å². The third kappa shape index (κ3) is 3.72. The van der Waals surface area contributed by atoms with Crippen LogP contribution in [0.3, 0.4) is 0 Å². The third-order valence-corrected chi connectivity index (χ3v) is 5.97. The van der Waals surface area contributed by atoms with Crippen molar-refractivity contribution in [2.75, 3.05) is 26.2 Å². The maximum atomic E-state index is 3.76. The smallest absolute Gasteiger partial charge is 0.0195 e. The van der Waals surface area contributed by atoms with Gasteiger partial charge in [0.05, 0.1) is 0 Å². The maximum absolute atomic E-state index is 3.76. The van der Waals surface area contributed by atoms with Crippen LogP contribution in [-0.2, 0) is 0 Å². The normalized spacial score (nSPS) is 33.2. The van der Waals surface area contributed by atoms with Gasteiger partial charge in [0, 0.05) is 12.6 Å². The second kappa shape index (κ2) is 6.58. The van der Waals surface area contributed by atoms with E-state index < -0.39 is 0 Å². The van der Waals surface area contributed by atoms with Crippen LogP contribution in [0.5, 0.6) is 0 Å². The predicted octanol–water partition coefficient (Wildman–Crippen LogP) is 3.56. The highest BCUT2D eigenvalue weighted by molar-refractivity contribution is 4.89. The fraction of sp³-hybridized carbons (Fsp3) is 1.00. The lowest BCUT2D eigenvalue weighted by Crippen LogP contribution is -2.46. The van der Waals surface area contributed by atoms with Crippen LogP contribution in [0.25, 0.3) is 0 Å². The van der Waals surface area contributed by atoms with Crippen molar-refractivity contribution in [3.05, 3.63) is 0 Å². The average molecular weight is 264 g/mol. The Hall–Kier alpha value is -0.0800. The van der Waals surface area contributed by atoms with Crippen LogP contribution in [0, 0.1) is 5.41 Å². The Bertz CT molecular complexity index is 252. The van der Waals surface area contributed by atoms with Gasteiger partial charge in [0.15, 0.2) is 0 Å². The molecule has 0 bridgehead atoms. The average Bonchev–Trinajstić information content (AvgIpc) is 2.71. The molecule has 1 unspecified atom stereocenters. The number of nitrogens with zero attached hydrogens (tertiary/aromatic N) is 1. The van der Waals surface area contributed by atoms with Crippen molar-refractivity contribution in [1.82, 2.24) is 10.2 Å². The van der Waals surface area contributed by atoms with Gasteiger partial charge in [0.25, 0.3) is 0 Å². The summed E-state index contributed by atoms with van der Waals surface area (Å²) in [7, 11) is 0. The van der Waals surface area contributed by atoms with Gasteiger partial charge < -0.3 is 10.2 Å². The predicted molar refractivity (Wildman–Crippen MR) is 81.5 cm³/mol. The zero-order chi connectivity index (χ0) is 13.0. The Morgan fingerprint density at radius 1 is 0.842 bits per heavy atom. The van der Waals surface area contributed by atoms with E-state index in [2.05, 4.69) is 10.2 Å². The minimum Gasteiger partial charge on any atom is -0.313 e. The van der Waals surface area contributed by atoms with Crippen LogP contribution in [-0.4, -0.2) is 37.1 Å². The van der Waals surface area contributed by atoms with Crippen molar-refractivity contribution in [2.24, 2.45) is 5.41 Å². The van der Waals surface area contributed by atoms with Crippen molar-refractivity contribution in [2.45, 2.75) is 76.7 Å². The molecule has 1 saturated carbocycles. The van der Waals surface area contributed by atoms with E-state index in [1.54, 1.807) is 0 Å². The van der Waals surface area contributed by atoms with Crippen molar-refractivity contribution >= 4 is 0 Å². The number of piperidine rings is 1. The van der Waals surface area contributed by atoms with Crippen molar-refractivity contribution in [3.63, 3.8) is 0 Å². The Morgan fingerprint density at radius 2 is 1.58 bits per heavy atom. The molecule has 110 valence electrons. The van der Waals surface area contributed by atoms with E-state index in [0.29, 0.717) is 0 Å². The molecule has 0 aromatic heterocycles. The van der Waals surface area contributed by atoms with Crippen molar-refractivity contribution < 1.29 is 0 Å². The second-order valence-electron chi connectivity index (χ2n) is 7.36. The highest BCUT2D eigenvalue weighted by Gasteiger charge is 2.35. The van der Waals surface area contributed by atoms with E-state index >= 15 is 0 Å². The molecule has 2 nitrogen and oxygen atoms in total. The molecule has 2 aliphatic heterocycles. The van der Waals surface area contributed by atoms with Gasteiger partial charge in [-0.25, -0.2) is 0 Å². The van der Waals surface area contributed by atoms with E-state index in [1.165, 1.54) is 96.8 Å². The molecule has 2 heterocycles. The highest BCUT2D eigenvalue weighted by atomic mass is 15.2. The Morgan fingerprint density at radius 3 is 2.37 bits per heavy atom. The molecule has 1 atom stereocenters. The SMILES string of the molecule is C1CCNC(CN2CCC3(CCCCC3)CC2)CC1. The summed E-state index contributed by atoms with van der Waals surface area (Å²) in [6.45, 7) is 5.31. The fourth-order valence-corrected chi connectivity index (χ4v) is 4.58. The first kappa shape index (κ1) is 13.9. The fourth-order valence-electron chi connectivity index (χ4n) is 4.58. The molecular formula is C17H32N2. The highest BCUT2D eigenvalue weighted by Crippen LogP contribution is 2.44. The van der Waals surface area contributed by atoms with Gasteiger partial charge in [0.2, 0.25) is 0 Å². The molecule has 3 rings (SSSR count). The van der Waals surface area contributed by atoms with Gasteiger partial charge in [-0.1, -0.05) is 32.1 Å². The molecule has 2 heteroatoms. The molecule has 0 aromatic carbocycles. The first-order valence-electron chi connectivity index (χ1n) is 8.82. The van der Waals surface area contributed by atoms with E-state index in [4.69, 9.17) is 0 Å². The lowest BCUT2D eigenvalue weighted by atomic mass is 9.68. The minimum absolute atomic E-state index is 0.769. The molecule has 19 heavy (non-hydrogen) atoms. The quantitative estimate of drug-likeness (QED) is 0.820. The summed E-state index contributed by atoms with van der Waals surface area (Å²) < 4.78 is 0. The topological polar surface area (TPSA) is 15.3 Å². The van der Waals surface area contributed by atoms with Crippen LogP contribution in [0.2, 0.25) is 0 Å². The van der Waals surface area contributed by atoms with E-state index in [9.17, 15) is 0 Å². The molecule has 1 aliphatic carbocycles. The van der Waals surface area contributed by atoms with E-state index in [-0.39, 0.29) is 0 Å². The van der Waals surface area contributed by atoms with Crippen molar-refractivity contribution in [3.8, 4) is 0 Å². The molecule has 0 amide bonds. The summed E-state index contributed by atoms with van der Waals surface area (Å²) in [5, 5.41) is 3.76. The zero-order valence-electron chi connectivity index (χ0n) is 12.6. The summed E-state index contributed by atoms with van der Waals surface area (Å²) in [6.07, 6.45) is 16.2. The summed E-state index contributed by atoms with van der Waals surface area (Å²) in [5.74, 6) is 0. The molecule has 0 aromatic rings. The van der Waals surface area contributed by atoms with Gasteiger partial charge in [-0.05, 0) is 63.6 Å². The van der Waals surface area contributed by atoms with Crippen LogP contribution in [0.4, 0.5) is 0 Å². The van der Waals surface area contributed by atoms with Gasteiger partial charge in [-0.2, -0.15) is 0 Å². The Balaban J connectivity index is 1.44. The first-order chi connectivity index (χ1) is 9.36. The zero-order valence-corrected chi connectivity index (χ0v) is 12.6. The molecule has 1 N–H and O–H groups in total. The number of likely N-dealkylation sites (tertiary alicyclic amines) is 1. The summed E-state index contributed by atoms with van der Waals surface area (Å²) in [5.41, 5.74) is 0.769. The number of hydrogen-bond acceptors (Lipinski definition) is 2. The van der Waals surface area contributed by atoms with E-state index in [0.717, 1.165) is 11.5 Å². The Labute approximate surface area is 119 Å². The van der Waals surface area contributed by atoms with Crippen LogP contribution in [0.1, 0.15) is 70.6 Å².